The Morgan fingerprint density at radius 2 is 2.00 bits per heavy atom. The Kier molecular flexibility index (Phi) is 4.19. The minimum absolute atomic E-state index is 0.221. The number of aliphatic hydroxyl groups excluding tert-OH is 1. The van der Waals surface area contributed by atoms with Crippen molar-refractivity contribution in [2.75, 3.05) is 6.61 Å². The molecule has 0 spiro atoms. The maximum Gasteiger partial charge on any atom is 0.0790 e. The third kappa shape index (κ3) is 2.49. The third-order valence-corrected chi connectivity index (χ3v) is 3.78. The molecule has 0 aliphatic rings. The molecular weight excluding hydrogens is 292 g/mol. The zero-order valence-corrected chi connectivity index (χ0v) is 12.2. The smallest absolute Gasteiger partial charge is 0.0790 e. The van der Waals surface area contributed by atoms with Gasteiger partial charge in [0.05, 0.1) is 11.4 Å². The Morgan fingerprint density at radius 3 is 2.67 bits per heavy atom. The summed E-state index contributed by atoms with van der Waals surface area (Å²) in [6, 6.07) is 8.05. The molecule has 0 radical (unpaired) electrons. The van der Waals surface area contributed by atoms with Gasteiger partial charge in [0.1, 0.15) is 0 Å². The first-order chi connectivity index (χ1) is 8.65. The van der Waals surface area contributed by atoms with Crippen molar-refractivity contribution in [3.05, 3.63) is 45.7 Å². The fourth-order valence-electron chi connectivity index (χ4n) is 2.15. The molecule has 0 unspecified atom stereocenters. The average molecular weight is 309 g/mol. The molecule has 1 aromatic carbocycles. The van der Waals surface area contributed by atoms with Crippen LogP contribution in [0.5, 0.6) is 0 Å². The van der Waals surface area contributed by atoms with Gasteiger partial charge in [-0.1, -0.05) is 12.1 Å². The van der Waals surface area contributed by atoms with Crippen LogP contribution in [0.1, 0.15) is 23.4 Å². The number of benzene rings is 1. The van der Waals surface area contributed by atoms with Gasteiger partial charge in [0.15, 0.2) is 0 Å². The van der Waals surface area contributed by atoms with Crippen molar-refractivity contribution in [2.45, 2.75) is 26.7 Å². The summed E-state index contributed by atoms with van der Waals surface area (Å²) in [4.78, 5) is 0. The van der Waals surface area contributed by atoms with Crippen LogP contribution in [0.3, 0.4) is 0 Å². The van der Waals surface area contributed by atoms with Crippen LogP contribution < -0.4 is 0 Å². The van der Waals surface area contributed by atoms with Crippen LogP contribution in [0.15, 0.2) is 28.7 Å². The molecule has 4 heteroatoms. The van der Waals surface area contributed by atoms with Gasteiger partial charge in [-0.3, -0.25) is 0 Å². The summed E-state index contributed by atoms with van der Waals surface area (Å²) < 4.78 is 3.00. The number of halogens is 1. The second kappa shape index (κ2) is 5.67. The summed E-state index contributed by atoms with van der Waals surface area (Å²) in [6.45, 7) is 4.32. The van der Waals surface area contributed by atoms with E-state index in [4.69, 9.17) is 5.11 Å². The lowest BCUT2D eigenvalue weighted by molar-refractivity contribution is 0.288. The molecule has 0 aliphatic heterocycles. The lowest BCUT2D eigenvalue weighted by Gasteiger charge is -2.07. The molecule has 1 aromatic heterocycles. The summed E-state index contributed by atoms with van der Waals surface area (Å²) in [5.41, 5.74) is 4.47. The third-order valence-electron chi connectivity index (χ3n) is 3.11. The highest BCUT2D eigenvalue weighted by Gasteiger charge is 2.13. The van der Waals surface area contributed by atoms with Crippen LogP contribution in [0.4, 0.5) is 0 Å². The van der Waals surface area contributed by atoms with Crippen LogP contribution in [0.2, 0.25) is 0 Å². The predicted octanol–water partition coefficient (Wildman–Crippen LogP) is 3.18. The lowest BCUT2D eigenvalue weighted by atomic mass is 10.1. The highest BCUT2D eigenvalue weighted by Crippen LogP contribution is 2.24. The molecule has 0 amide bonds. The molecule has 3 nitrogen and oxygen atoms in total. The van der Waals surface area contributed by atoms with Gasteiger partial charge in [0.25, 0.3) is 0 Å². The molecule has 18 heavy (non-hydrogen) atoms. The Hall–Kier alpha value is -1.13. The molecule has 0 bridgehead atoms. The molecule has 1 N–H and O–H groups in total. The van der Waals surface area contributed by atoms with Crippen molar-refractivity contribution in [1.82, 2.24) is 9.78 Å². The average Bonchev–Trinajstić information content (AvgIpc) is 2.63. The van der Waals surface area contributed by atoms with Crippen molar-refractivity contribution in [2.24, 2.45) is 0 Å². The number of aromatic nitrogens is 2. The van der Waals surface area contributed by atoms with Gasteiger partial charge in [0, 0.05) is 16.8 Å². The number of rotatable bonds is 4. The molecule has 2 rings (SSSR count). The predicted molar refractivity (Wildman–Crippen MR) is 76.1 cm³/mol. The van der Waals surface area contributed by atoms with E-state index in [2.05, 4.69) is 28.0 Å². The number of aliphatic hydroxyl groups is 1. The monoisotopic (exact) mass is 308 g/mol. The van der Waals surface area contributed by atoms with Crippen LogP contribution in [-0.4, -0.2) is 21.5 Å². The van der Waals surface area contributed by atoms with Crippen molar-refractivity contribution >= 4 is 15.9 Å². The highest BCUT2D eigenvalue weighted by atomic mass is 79.9. The van der Waals surface area contributed by atoms with Gasteiger partial charge in [-0.15, -0.1) is 0 Å². The van der Waals surface area contributed by atoms with E-state index in [9.17, 15) is 0 Å². The lowest BCUT2D eigenvalue weighted by Crippen LogP contribution is -2.00. The van der Waals surface area contributed by atoms with Crippen LogP contribution in [0, 0.1) is 13.8 Å². The molecule has 0 saturated heterocycles. The SMILES string of the molecule is Cc1nn(-c2ccccc2Br)c(C)c1CCCO. The van der Waals surface area contributed by atoms with Gasteiger partial charge in [-0.2, -0.15) is 5.10 Å². The number of para-hydroxylation sites is 1. The van der Waals surface area contributed by atoms with Crippen molar-refractivity contribution in [3.63, 3.8) is 0 Å². The van der Waals surface area contributed by atoms with Gasteiger partial charge < -0.3 is 5.11 Å². The Labute approximate surface area is 116 Å². The summed E-state index contributed by atoms with van der Waals surface area (Å²) in [7, 11) is 0. The molecule has 0 atom stereocenters. The van der Waals surface area contributed by atoms with Gasteiger partial charge >= 0.3 is 0 Å². The summed E-state index contributed by atoms with van der Waals surface area (Å²) in [6.07, 6.45) is 1.65. The summed E-state index contributed by atoms with van der Waals surface area (Å²) in [5, 5.41) is 13.5. The van der Waals surface area contributed by atoms with Crippen LogP contribution in [-0.2, 0) is 6.42 Å². The zero-order valence-electron chi connectivity index (χ0n) is 10.7. The van der Waals surface area contributed by atoms with Crippen LogP contribution >= 0.6 is 15.9 Å². The van der Waals surface area contributed by atoms with E-state index in [0.717, 1.165) is 34.4 Å². The Bertz CT molecular complexity index is 549. The van der Waals surface area contributed by atoms with Gasteiger partial charge in [-0.05, 0) is 60.3 Å². The minimum Gasteiger partial charge on any atom is -0.396 e. The Balaban J connectivity index is 2.44. The maximum absolute atomic E-state index is 8.94. The zero-order chi connectivity index (χ0) is 13.1. The first-order valence-electron chi connectivity index (χ1n) is 6.06. The van der Waals surface area contributed by atoms with E-state index in [-0.39, 0.29) is 6.61 Å². The molecule has 1 heterocycles. The van der Waals surface area contributed by atoms with E-state index in [1.807, 2.05) is 35.9 Å². The van der Waals surface area contributed by atoms with E-state index in [1.165, 1.54) is 5.56 Å². The van der Waals surface area contributed by atoms with E-state index < -0.39 is 0 Å². The summed E-state index contributed by atoms with van der Waals surface area (Å²) >= 11 is 3.55. The normalized spacial score (nSPS) is 10.9. The number of aryl methyl sites for hydroxylation is 1. The van der Waals surface area contributed by atoms with Crippen LogP contribution in [0.25, 0.3) is 5.69 Å². The topological polar surface area (TPSA) is 38.0 Å². The summed E-state index contributed by atoms with van der Waals surface area (Å²) in [5.74, 6) is 0. The maximum atomic E-state index is 8.94. The van der Waals surface area contributed by atoms with Crippen molar-refractivity contribution in [1.29, 1.82) is 0 Å². The largest absolute Gasteiger partial charge is 0.396 e. The van der Waals surface area contributed by atoms with Gasteiger partial charge in [-0.25, -0.2) is 4.68 Å². The fraction of sp³-hybridized carbons (Fsp3) is 0.357. The van der Waals surface area contributed by atoms with Crippen molar-refractivity contribution in [3.8, 4) is 5.69 Å². The number of hydrogen-bond acceptors (Lipinski definition) is 2. The molecular formula is C14H17BrN2O. The first kappa shape index (κ1) is 13.3. The number of nitrogens with zero attached hydrogens (tertiary/aromatic N) is 2. The standard InChI is InChI=1S/C14H17BrN2O/c1-10-12(6-5-9-18)11(2)17(16-10)14-8-4-3-7-13(14)15/h3-4,7-8,18H,5-6,9H2,1-2H3. The molecule has 2 aromatic rings. The second-order valence-corrected chi connectivity index (χ2v) is 5.19. The second-order valence-electron chi connectivity index (χ2n) is 4.34. The van der Waals surface area contributed by atoms with E-state index in [0.29, 0.717) is 0 Å². The molecule has 0 saturated carbocycles. The Morgan fingerprint density at radius 1 is 1.28 bits per heavy atom. The molecule has 96 valence electrons. The quantitative estimate of drug-likeness (QED) is 0.942. The first-order valence-corrected chi connectivity index (χ1v) is 6.85. The van der Waals surface area contributed by atoms with Gasteiger partial charge in [0.2, 0.25) is 0 Å². The molecule has 0 fully saturated rings. The minimum atomic E-state index is 0.221. The molecule has 0 aliphatic carbocycles. The fourth-order valence-corrected chi connectivity index (χ4v) is 2.60. The van der Waals surface area contributed by atoms with E-state index >= 15 is 0 Å². The number of hydrogen-bond donors (Lipinski definition) is 1. The van der Waals surface area contributed by atoms with Crippen molar-refractivity contribution < 1.29 is 5.11 Å². The van der Waals surface area contributed by atoms with E-state index in [1.54, 1.807) is 0 Å². The highest BCUT2D eigenvalue weighted by molar-refractivity contribution is 9.10.